The van der Waals surface area contributed by atoms with Crippen LogP contribution in [0.4, 0.5) is 4.39 Å². The van der Waals surface area contributed by atoms with Crippen LogP contribution in [-0.2, 0) is 9.84 Å². The Morgan fingerprint density at radius 1 is 0.941 bits per heavy atom. The van der Waals surface area contributed by atoms with Crippen LogP contribution in [0.1, 0.15) is 64.7 Å². The second-order valence-corrected chi connectivity index (χ2v) is 8.33. The average Bonchev–Trinajstić information content (AvgIpc) is 2.84. The number of hydrogen-bond donors (Lipinski definition) is 0. The van der Waals surface area contributed by atoms with E-state index in [2.05, 4.69) is 0 Å². The minimum absolute atomic E-state index is 0.269. The van der Waals surface area contributed by atoms with E-state index in [9.17, 15) is 12.8 Å². The molecule has 0 aliphatic heterocycles. The molecule has 2 saturated carbocycles. The maximum absolute atomic E-state index is 14.8. The van der Waals surface area contributed by atoms with Gasteiger partial charge < -0.3 is 0 Å². The maximum Gasteiger partial charge on any atom is 0.211 e. The van der Waals surface area contributed by atoms with Crippen LogP contribution < -0.4 is 0 Å². The lowest BCUT2D eigenvalue weighted by molar-refractivity contribution is 0.193. The van der Waals surface area contributed by atoms with Gasteiger partial charge in [0.25, 0.3) is 0 Å². The highest BCUT2D eigenvalue weighted by Gasteiger charge is 2.50. The van der Waals surface area contributed by atoms with Crippen LogP contribution in [0.3, 0.4) is 0 Å². The van der Waals surface area contributed by atoms with Gasteiger partial charge in [-0.2, -0.15) is 0 Å². The molecule has 2 fully saturated rings. The standard InChI is InChI=1S/C13H23FO2S/c1-13(14,11-7-5-6-8-11)17(15,16)12-9-3-2-4-10-12/h11-12H,2-10H2,1H3. The van der Waals surface area contributed by atoms with Gasteiger partial charge >= 0.3 is 0 Å². The van der Waals surface area contributed by atoms with Crippen molar-refractivity contribution in [1.82, 2.24) is 0 Å². The van der Waals surface area contributed by atoms with Crippen LogP contribution >= 0.6 is 0 Å². The SMILES string of the molecule is CC(F)(C1CCCC1)S(=O)(=O)C1CCCCC1. The maximum atomic E-state index is 14.8. The Bertz CT molecular complexity index is 350. The normalized spacial score (nSPS) is 28.1. The number of hydrogen-bond acceptors (Lipinski definition) is 2. The zero-order chi connectivity index (χ0) is 12.5. The molecular formula is C13H23FO2S. The minimum atomic E-state index is -3.61. The fourth-order valence-electron chi connectivity index (χ4n) is 3.38. The molecule has 4 heteroatoms. The second-order valence-electron chi connectivity index (χ2n) is 5.77. The number of rotatable bonds is 3. The third-order valence-electron chi connectivity index (χ3n) is 4.63. The molecule has 0 aromatic rings. The molecule has 0 aromatic heterocycles. The highest BCUT2D eigenvalue weighted by atomic mass is 32.2. The first-order chi connectivity index (χ1) is 7.96. The summed E-state index contributed by atoms with van der Waals surface area (Å²) in [6, 6.07) is 0. The molecule has 0 bridgehead atoms. The Hall–Kier alpha value is -0.120. The third kappa shape index (κ3) is 2.38. The molecule has 0 spiro atoms. The molecule has 2 aliphatic rings. The van der Waals surface area contributed by atoms with Crippen LogP contribution in [0.2, 0.25) is 0 Å². The summed E-state index contributed by atoms with van der Waals surface area (Å²) < 4.78 is 39.6. The fourth-order valence-corrected chi connectivity index (χ4v) is 5.68. The largest absolute Gasteiger partial charge is 0.226 e. The molecule has 2 rings (SSSR count). The highest BCUT2D eigenvalue weighted by molar-refractivity contribution is 7.93. The van der Waals surface area contributed by atoms with Crippen LogP contribution in [0.5, 0.6) is 0 Å². The lowest BCUT2D eigenvalue weighted by atomic mass is 10.0. The lowest BCUT2D eigenvalue weighted by Crippen LogP contribution is -2.44. The van der Waals surface area contributed by atoms with Gasteiger partial charge in [-0.1, -0.05) is 32.1 Å². The smallest absolute Gasteiger partial charge is 0.211 e. The number of sulfone groups is 1. The molecule has 17 heavy (non-hydrogen) atoms. The van der Waals surface area contributed by atoms with Crippen LogP contribution in [0.15, 0.2) is 0 Å². The van der Waals surface area contributed by atoms with E-state index < -0.39 is 20.1 Å². The molecule has 2 nitrogen and oxygen atoms in total. The Kier molecular flexibility index (Phi) is 3.81. The topological polar surface area (TPSA) is 34.1 Å². The summed E-state index contributed by atoms with van der Waals surface area (Å²) in [5, 5.41) is -2.42. The fraction of sp³-hybridized carbons (Fsp3) is 1.00. The van der Waals surface area contributed by atoms with Crippen LogP contribution in [-0.4, -0.2) is 18.7 Å². The summed E-state index contributed by atoms with van der Waals surface area (Å²) >= 11 is 0. The summed E-state index contributed by atoms with van der Waals surface area (Å²) in [5.74, 6) is -0.269. The molecule has 2 aliphatic carbocycles. The van der Waals surface area contributed by atoms with Gasteiger partial charge in [-0.05, 0) is 32.6 Å². The summed E-state index contributed by atoms with van der Waals surface area (Å²) in [5.41, 5.74) is 0. The first kappa shape index (κ1) is 13.3. The predicted octanol–water partition coefficient (Wildman–Crippen LogP) is 3.61. The van der Waals surface area contributed by atoms with Gasteiger partial charge in [0.15, 0.2) is 9.84 Å². The Morgan fingerprint density at radius 3 is 1.94 bits per heavy atom. The highest BCUT2D eigenvalue weighted by Crippen LogP contribution is 2.43. The van der Waals surface area contributed by atoms with Crippen molar-refractivity contribution in [2.24, 2.45) is 5.92 Å². The zero-order valence-electron chi connectivity index (χ0n) is 10.6. The Labute approximate surface area is 104 Å². The van der Waals surface area contributed by atoms with Crippen molar-refractivity contribution in [2.45, 2.75) is 75.0 Å². The summed E-state index contributed by atoms with van der Waals surface area (Å²) in [7, 11) is -3.61. The minimum Gasteiger partial charge on any atom is -0.226 e. The van der Waals surface area contributed by atoms with Gasteiger partial charge in [-0.15, -0.1) is 0 Å². The van der Waals surface area contributed by atoms with Gasteiger partial charge in [0.1, 0.15) is 0 Å². The molecule has 100 valence electrons. The molecular weight excluding hydrogens is 239 g/mol. The summed E-state index contributed by atoms with van der Waals surface area (Å²) in [4.78, 5) is 0. The van der Waals surface area contributed by atoms with Crippen molar-refractivity contribution in [3.8, 4) is 0 Å². The monoisotopic (exact) mass is 262 g/mol. The van der Waals surface area contributed by atoms with Crippen molar-refractivity contribution in [1.29, 1.82) is 0 Å². The van der Waals surface area contributed by atoms with Gasteiger partial charge in [0.05, 0.1) is 5.25 Å². The average molecular weight is 262 g/mol. The van der Waals surface area contributed by atoms with Crippen LogP contribution in [0.25, 0.3) is 0 Å². The van der Waals surface area contributed by atoms with Gasteiger partial charge in [0.2, 0.25) is 5.00 Å². The van der Waals surface area contributed by atoms with E-state index in [-0.39, 0.29) is 5.92 Å². The molecule has 0 heterocycles. The third-order valence-corrected chi connectivity index (χ3v) is 7.43. The van der Waals surface area contributed by atoms with Crippen molar-refractivity contribution in [2.75, 3.05) is 0 Å². The van der Waals surface area contributed by atoms with Gasteiger partial charge in [0, 0.05) is 5.92 Å². The molecule has 0 aromatic carbocycles. The number of halogens is 1. The van der Waals surface area contributed by atoms with E-state index in [1.807, 2.05) is 0 Å². The molecule has 0 saturated heterocycles. The molecule has 1 atom stereocenters. The van der Waals surface area contributed by atoms with Crippen molar-refractivity contribution in [3.63, 3.8) is 0 Å². The van der Waals surface area contributed by atoms with Crippen LogP contribution in [0, 0.1) is 5.92 Å². The summed E-state index contributed by atoms with van der Waals surface area (Å²) in [6.45, 7) is 1.31. The lowest BCUT2D eigenvalue weighted by Gasteiger charge is -2.33. The van der Waals surface area contributed by atoms with Crippen molar-refractivity contribution < 1.29 is 12.8 Å². The quantitative estimate of drug-likeness (QED) is 0.778. The van der Waals surface area contributed by atoms with Crippen molar-refractivity contribution >= 4 is 9.84 Å². The summed E-state index contributed by atoms with van der Waals surface area (Å²) in [6.07, 6.45) is 7.71. The van der Waals surface area contributed by atoms with Gasteiger partial charge in [-0.25, -0.2) is 12.8 Å². The van der Waals surface area contributed by atoms with E-state index >= 15 is 0 Å². The van der Waals surface area contributed by atoms with E-state index in [0.29, 0.717) is 12.8 Å². The second kappa shape index (κ2) is 4.87. The van der Waals surface area contributed by atoms with Crippen molar-refractivity contribution in [3.05, 3.63) is 0 Å². The molecule has 0 amide bonds. The Balaban J connectivity index is 2.17. The van der Waals surface area contributed by atoms with Gasteiger partial charge in [-0.3, -0.25) is 0 Å². The van der Waals surface area contributed by atoms with E-state index in [1.54, 1.807) is 0 Å². The first-order valence-corrected chi connectivity index (χ1v) is 8.43. The Morgan fingerprint density at radius 2 is 1.41 bits per heavy atom. The zero-order valence-corrected chi connectivity index (χ0v) is 11.4. The molecule has 1 unspecified atom stereocenters. The van der Waals surface area contributed by atoms with E-state index in [4.69, 9.17) is 0 Å². The molecule has 0 N–H and O–H groups in total. The predicted molar refractivity (Wildman–Crippen MR) is 67.3 cm³/mol. The van der Waals surface area contributed by atoms with E-state index in [0.717, 1.165) is 44.9 Å². The first-order valence-electron chi connectivity index (χ1n) is 6.88. The molecule has 0 radical (unpaired) electrons. The van der Waals surface area contributed by atoms with E-state index in [1.165, 1.54) is 6.92 Å². The number of alkyl halides is 1.